The van der Waals surface area contributed by atoms with E-state index in [9.17, 15) is 0 Å². The molecule has 4 N–H and O–H groups in total. The number of para-hydroxylation sites is 1. The van der Waals surface area contributed by atoms with Gasteiger partial charge in [-0.05, 0) is 24.5 Å². The lowest BCUT2D eigenvalue weighted by Crippen LogP contribution is -2.28. The minimum absolute atomic E-state index is 0.283. The number of rotatable bonds is 12. The average molecular weight is 347 g/mol. The smallest absolute Gasteiger partial charge is 0.136 e. The first kappa shape index (κ1) is 19.3. The molecule has 0 spiro atoms. The van der Waals surface area contributed by atoms with E-state index in [-0.39, 0.29) is 6.10 Å². The van der Waals surface area contributed by atoms with Crippen molar-refractivity contribution in [3.05, 3.63) is 48.4 Å². The second-order valence-electron chi connectivity index (χ2n) is 6.02. The zero-order valence-electron chi connectivity index (χ0n) is 14.9. The van der Waals surface area contributed by atoms with Crippen LogP contribution in [0.15, 0.2) is 42.8 Å². The topological polar surface area (TPSA) is 77.8 Å². The third-order valence-corrected chi connectivity index (χ3v) is 4.01. The predicted octanol–water partition coefficient (Wildman–Crippen LogP) is 3.34. The summed E-state index contributed by atoms with van der Waals surface area (Å²) in [4.78, 5) is 4.90. The van der Waals surface area contributed by atoms with E-state index in [0.717, 1.165) is 31.4 Å². The molecule has 0 saturated carbocycles. The van der Waals surface area contributed by atoms with Crippen LogP contribution in [0.2, 0.25) is 0 Å². The average Bonchev–Trinajstić information content (AvgIpc) is 2.65. The molecule has 0 amide bonds. The highest BCUT2D eigenvalue weighted by molar-refractivity contribution is 5.78. The van der Waals surface area contributed by atoms with Gasteiger partial charge in [0.05, 0.1) is 18.1 Å². The lowest BCUT2D eigenvalue weighted by atomic mass is 9.99. The number of hydrogen-bond donors (Lipinski definition) is 3. The molecule has 6 heteroatoms. The summed E-state index contributed by atoms with van der Waals surface area (Å²) in [6.07, 6.45) is 5.40. The molecule has 6 nitrogen and oxygen atoms in total. The maximum absolute atomic E-state index is 5.69. The van der Waals surface area contributed by atoms with Crippen LogP contribution in [0.25, 0.3) is 5.57 Å². The van der Waals surface area contributed by atoms with Gasteiger partial charge in [-0.15, -0.1) is 0 Å². The molecule has 1 aromatic rings. The minimum Gasteiger partial charge on any atom is -0.496 e. The van der Waals surface area contributed by atoms with Crippen molar-refractivity contribution < 1.29 is 14.3 Å². The van der Waals surface area contributed by atoms with Gasteiger partial charge in [-0.3, -0.25) is 4.84 Å². The van der Waals surface area contributed by atoms with Gasteiger partial charge in [-0.1, -0.05) is 38.1 Å². The highest BCUT2D eigenvalue weighted by atomic mass is 16.6. The lowest BCUT2D eigenvalue weighted by molar-refractivity contribution is -0.0510. The number of hydrogen-bond acceptors (Lipinski definition) is 6. The van der Waals surface area contributed by atoms with E-state index in [1.165, 1.54) is 11.1 Å². The molecule has 1 unspecified atom stereocenters. The Morgan fingerprint density at radius 2 is 2.12 bits per heavy atom. The standard InChI is InChI=1S/C19H29N3O3/c1-3-4-11-23-13-17(25-20)14-24-15(2)9-10-16-12-21-22-19-8-6-5-7-18(16)19/h5-8,12,17,21-22H,2-4,9-11,13-14,20H2,1H3. The molecule has 1 atom stereocenters. The van der Waals surface area contributed by atoms with Crippen molar-refractivity contribution in [1.82, 2.24) is 5.43 Å². The van der Waals surface area contributed by atoms with Gasteiger partial charge >= 0.3 is 0 Å². The van der Waals surface area contributed by atoms with Crippen LogP contribution in [0.4, 0.5) is 5.69 Å². The molecule has 0 saturated heterocycles. The number of benzene rings is 1. The van der Waals surface area contributed by atoms with E-state index in [1.54, 1.807) is 0 Å². The van der Waals surface area contributed by atoms with Crippen molar-refractivity contribution in [1.29, 1.82) is 0 Å². The number of unbranched alkanes of at least 4 members (excludes halogenated alkanes) is 1. The van der Waals surface area contributed by atoms with Crippen LogP contribution < -0.4 is 16.7 Å². The second kappa shape index (κ2) is 10.8. The zero-order chi connectivity index (χ0) is 17.9. The Hall–Kier alpha value is -2.02. The fourth-order valence-electron chi connectivity index (χ4n) is 2.50. The third kappa shape index (κ3) is 6.42. The third-order valence-electron chi connectivity index (χ3n) is 4.01. The van der Waals surface area contributed by atoms with Crippen molar-refractivity contribution in [2.24, 2.45) is 5.90 Å². The zero-order valence-corrected chi connectivity index (χ0v) is 14.9. The highest BCUT2D eigenvalue weighted by Gasteiger charge is 2.13. The van der Waals surface area contributed by atoms with Gasteiger partial charge in [0, 0.05) is 24.8 Å². The molecule has 138 valence electrons. The number of anilines is 1. The van der Waals surface area contributed by atoms with Gasteiger partial charge in [0.15, 0.2) is 0 Å². The molecule has 0 bridgehead atoms. The number of ether oxygens (including phenoxy) is 2. The van der Waals surface area contributed by atoms with Crippen molar-refractivity contribution in [3.8, 4) is 0 Å². The van der Waals surface area contributed by atoms with Gasteiger partial charge in [0.25, 0.3) is 0 Å². The summed E-state index contributed by atoms with van der Waals surface area (Å²) < 4.78 is 11.2. The Labute approximate surface area is 149 Å². The van der Waals surface area contributed by atoms with Crippen LogP contribution in [0.1, 0.15) is 38.2 Å². The van der Waals surface area contributed by atoms with E-state index < -0.39 is 0 Å². The normalized spacial score (nSPS) is 13.9. The number of hydrazine groups is 1. The Morgan fingerprint density at radius 3 is 2.92 bits per heavy atom. The van der Waals surface area contributed by atoms with Crippen LogP contribution in [0.5, 0.6) is 0 Å². The van der Waals surface area contributed by atoms with Crippen LogP contribution >= 0.6 is 0 Å². The van der Waals surface area contributed by atoms with Gasteiger partial charge < -0.3 is 20.3 Å². The second-order valence-corrected chi connectivity index (χ2v) is 6.02. The molecule has 25 heavy (non-hydrogen) atoms. The summed E-state index contributed by atoms with van der Waals surface area (Å²) in [5, 5.41) is 0. The van der Waals surface area contributed by atoms with Gasteiger partial charge in [0.2, 0.25) is 0 Å². The summed E-state index contributed by atoms with van der Waals surface area (Å²) in [6.45, 7) is 7.60. The fourth-order valence-corrected chi connectivity index (χ4v) is 2.50. The summed E-state index contributed by atoms with van der Waals surface area (Å²) in [5.74, 6) is 6.02. The van der Waals surface area contributed by atoms with Crippen LogP contribution in [-0.2, 0) is 14.3 Å². The predicted molar refractivity (Wildman–Crippen MR) is 100 cm³/mol. The van der Waals surface area contributed by atoms with Gasteiger partial charge in [-0.2, -0.15) is 0 Å². The van der Waals surface area contributed by atoms with E-state index in [0.29, 0.717) is 25.6 Å². The van der Waals surface area contributed by atoms with Crippen LogP contribution in [0.3, 0.4) is 0 Å². The molecule has 2 rings (SSSR count). The first-order valence-electron chi connectivity index (χ1n) is 8.78. The first-order valence-corrected chi connectivity index (χ1v) is 8.78. The van der Waals surface area contributed by atoms with E-state index in [1.807, 2.05) is 24.4 Å². The number of nitrogens with one attached hydrogen (secondary N) is 2. The Kier molecular flexibility index (Phi) is 8.31. The number of allylic oxidation sites excluding steroid dienone is 2. The van der Waals surface area contributed by atoms with E-state index >= 15 is 0 Å². The largest absolute Gasteiger partial charge is 0.496 e. The molecule has 1 heterocycles. The maximum Gasteiger partial charge on any atom is 0.136 e. The van der Waals surface area contributed by atoms with E-state index in [4.69, 9.17) is 20.2 Å². The molecule has 1 aliphatic heterocycles. The summed E-state index contributed by atoms with van der Waals surface area (Å²) >= 11 is 0. The molecule has 0 radical (unpaired) electrons. The van der Waals surface area contributed by atoms with Crippen molar-refractivity contribution in [2.75, 3.05) is 25.2 Å². The Balaban J connectivity index is 1.71. The van der Waals surface area contributed by atoms with Gasteiger partial charge in [0.1, 0.15) is 12.7 Å². The molecular formula is C19H29N3O3. The molecular weight excluding hydrogens is 318 g/mol. The molecule has 1 aromatic carbocycles. The molecule has 1 aliphatic rings. The van der Waals surface area contributed by atoms with Gasteiger partial charge in [-0.25, -0.2) is 5.90 Å². The van der Waals surface area contributed by atoms with Crippen LogP contribution in [-0.4, -0.2) is 25.9 Å². The molecule has 0 aromatic heterocycles. The number of nitrogens with two attached hydrogens (primary N) is 1. The minimum atomic E-state index is -0.283. The Bertz CT molecular complexity index is 575. The first-order chi connectivity index (χ1) is 12.2. The van der Waals surface area contributed by atoms with Crippen molar-refractivity contribution in [2.45, 2.75) is 38.7 Å². The number of fused-ring (bicyclic) bond motifs is 1. The lowest BCUT2D eigenvalue weighted by Gasteiger charge is -2.21. The Morgan fingerprint density at radius 1 is 1.28 bits per heavy atom. The molecule has 0 fully saturated rings. The molecule has 0 aliphatic carbocycles. The highest BCUT2D eigenvalue weighted by Crippen LogP contribution is 2.29. The summed E-state index contributed by atoms with van der Waals surface area (Å²) in [7, 11) is 0. The summed E-state index contributed by atoms with van der Waals surface area (Å²) in [6, 6.07) is 8.19. The van der Waals surface area contributed by atoms with E-state index in [2.05, 4.69) is 30.4 Å². The van der Waals surface area contributed by atoms with Crippen molar-refractivity contribution >= 4 is 11.3 Å². The maximum atomic E-state index is 5.69. The quantitative estimate of drug-likeness (QED) is 0.306. The fraction of sp³-hybridized carbons (Fsp3) is 0.474. The summed E-state index contributed by atoms with van der Waals surface area (Å²) in [5.41, 5.74) is 9.69. The monoisotopic (exact) mass is 347 g/mol. The SMILES string of the molecule is C=C(CCC1=CNNc2ccccc21)OCC(COCCCC)ON. The van der Waals surface area contributed by atoms with Crippen LogP contribution in [0, 0.1) is 0 Å². The van der Waals surface area contributed by atoms with Crippen molar-refractivity contribution in [3.63, 3.8) is 0 Å².